The number of carbonyl (C=O) groups is 1. The molecule has 0 radical (unpaired) electrons. The number of methoxy groups -OCH3 is 1. The first-order valence-corrected chi connectivity index (χ1v) is 8.06. The van der Waals surface area contributed by atoms with E-state index in [0.29, 0.717) is 18.0 Å². The van der Waals surface area contributed by atoms with Crippen molar-refractivity contribution in [2.45, 2.75) is 4.90 Å². The molecule has 3 rings (SSSR count). The van der Waals surface area contributed by atoms with E-state index in [9.17, 15) is 4.79 Å². The molecular formula is C17H17NO3S. The van der Waals surface area contributed by atoms with Crippen molar-refractivity contribution < 1.29 is 14.3 Å². The van der Waals surface area contributed by atoms with Crippen molar-refractivity contribution >= 4 is 23.4 Å². The molecule has 1 aliphatic heterocycles. The van der Waals surface area contributed by atoms with Gasteiger partial charge in [-0.1, -0.05) is 24.3 Å². The molecule has 2 aromatic rings. The molecule has 0 aliphatic carbocycles. The molecule has 0 N–H and O–H groups in total. The number of hydrogen-bond acceptors (Lipinski definition) is 4. The maximum Gasteiger partial charge on any atom is 0.264 e. The first-order valence-electron chi connectivity index (χ1n) is 7.07. The molecule has 1 heterocycles. The highest BCUT2D eigenvalue weighted by Gasteiger charge is 2.23. The van der Waals surface area contributed by atoms with Gasteiger partial charge < -0.3 is 14.4 Å². The van der Waals surface area contributed by atoms with E-state index in [4.69, 9.17) is 9.47 Å². The van der Waals surface area contributed by atoms with Gasteiger partial charge in [-0.05, 0) is 24.3 Å². The zero-order valence-corrected chi connectivity index (χ0v) is 13.1. The molecule has 0 spiro atoms. The first kappa shape index (κ1) is 14.8. The highest BCUT2D eigenvalue weighted by molar-refractivity contribution is 7.99. The Hall–Kier alpha value is -2.14. The number of benzene rings is 2. The monoisotopic (exact) mass is 315 g/mol. The van der Waals surface area contributed by atoms with E-state index < -0.39 is 0 Å². The third-order valence-corrected chi connectivity index (χ3v) is 4.49. The van der Waals surface area contributed by atoms with Gasteiger partial charge in [-0.25, -0.2) is 0 Å². The number of thioether (sulfide) groups is 1. The molecule has 0 fully saturated rings. The molecule has 0 saturated heterocycles. The van der Waals surface area contributed by atoms with Crippen LogP contribution in [0.3, 0.4) is 0 Å². The van der Waals surface area contributed by atoms with Gasteiger partial charge in [0.1, 0.15) is 0 Å². The van der Waals surface area contributed by atoms with E-state index in [1.54, 1.807) is 29.8 Å². The van der Waals surface area contributed by atoms with Gasteiger partial charge in [0.2, 0.25) is 0 Å². The van der Waals surface area contributed by atoms with Crippen LogP contribution in [0.2, 0.25) is 0 Å². The fraction of sp³-hybridized carbons (Fsp3) is 0.235. The number of carbonyl (C=O) groups excluding carboxylic acids is 1. The highest BCUT2D eigenvalue weighted by Crippen LogP contribution is 2.34. The summed E-state index contributed by atoms with van der Waals surface area (Å²) < 4.78 is 10.9. The Morgan fingerprint density at radius 2 is 1.86 bits per heavy atom. The van der Waals surface area contributed by atoms with Crippen molar-refractivity contribution in [3.8, 4) is 11.5 Å². The van der Waals surface area contributed by atoms with Crippen molar-refractivity contribution in [2.75, 3.05) is 30.9 Å². The van der Waals surface area contributed by atoms with E-state index in [0.717, 1.165) is 16.3 Å². The third kappa shape index (κ3) is 3.04. The number of fused-ring (bicyclic) bond motifs is 1. The first-order chi connectivity index (χ1) is 10.8. The molecule has 5 heteroatoms. The van der Waals surface area contributed by atoms with Gasteiger partial charge in [-0.3, -0.25) is 4.79 Å². The van der Waals surface area contributed by atoms with Gasteiger partial charge in [0, 0.05) is 17.2 Å². The molecule has 22 heavy (non-hydrogen) atoms. The Kier molecular flexibility index (Phi) is 4.53. The smallest absolute Gasteiger partial charge is 0.264 e. The lowest BCUT2D eigenvalue weighted by molar-refractivity contribution is -0.120. The summed E-state index contributed by atoms with van der Waals surface area (Å²) in [5, 5.41) is 0. The van der Waals surface area contributed by atoms with E-state index in [2.05, 4.69) is 0 Å². The summed E-state index contributed by atoms with van der Waals surface area (Å²) in [6, 6.07) is 15.3. The van der Waals surface area contributed by atoms with Crippen LogP contribution in [0.4, 0.5) is 5.69 Å². The Labute approximate surface area is 134 Å². The van der Waals surface area contributed by atoms with Crippen LogP contribution in [-0.4, -0.2) is 31.9 Å². The lowest BCUT2D eigenvalue weighted by atomic mass is 10.2. The molecule has 0 unspecified atom stereocenters. The number of amides is 1. The average molecular weight is 315 g/mol. The molecule has 114 valence electrons. The minimum Gasteiger partial charge on any atom is -0.493 e. The summed E-state index contributed by atoms with van der Waals surface area (Å²) in [4.78, 5) is 15.4. The molecule has 2 aromatic carbocycles. The number of hydrogen-bond donors (Lipinski definition) is 0. The zero-order valence-electron chi connectivity index (χ0n) is 12.3. The van der Waals surface area contributed by atoms with Crippen molar-refractivity contribution in [1.29, 1.82) is 0 Å². The standard InChI is InChI=1S/C17H17NO3S/c1-20-14-7-3-4-8-15(14)21-12-17(19)18-10-11-22-16-9-5-2-6-13(16)18/h2-9H,10-12H2,1H3. The minimum atomic E-state index is -0.0429. The molecule has 1 aliphatic rings. The molecule has 1 amide bonds. The lowest BCUT2D eigenvalue weighted by Crippen LogP contribution is -2.38. The molecule has 0 aromatic heterocycles. The minimum absolute atomic E-state index is 0.000621. The summed E-state index contributed by atoms with van der Waals surface area (Å²) in [6.07, 6.45) is 0. The molecule has 4 nitrogen and oxygen atoms in total. The van der Waals surface area contributed by atoms with Crippen molar-refractivity contribution in [3.63, 3.8) is 0 Å². The Balaban J connectivity index is 1.71. The largest absolute Gasteiger partial charge is 0.493 e. The van der Waals surface area contributed by atoms with Crippen molar-refractivity contribution in [2.24, 2.45) is 0 Å². The fourth-order valence-corrected chi connectivity index (χ4v) is 3.38. The van der Waals surface area contributed by atoms with Crippen LogP contribution in [0.5, 0.6) is 11.5 Å². The van der Waals surface area contributed by atoms with Gasteiger partial charge in [-0.15, -0.1) is 11.8 Å². The average Bonchev–Trinajstić information content (AvgIpc) is 2.59. The van der Waals surface area contributed by atoms with E-state index in [1.165, 1.54) is 0 Å². The van der Waals surface area contributed by atoms with Crippen LogP contribution in [0.1, 0.15) is 0 Å². The van der Waals surface area contributed by atoms with Crippen molar-refractivity contribution in [3.05, 3.63) is 48.5 Å². The normalized spacial score (nSPS) is 13.4. The van der Waals surface area contributed by atoms with Crippen LogP contribution < -0.4 is 14.4 Å². The van der Waals surface area contributed by atoms with E-state index >= 15 is 0 Å². The second kappa shape index (κ2) is 6.75. The Morgan fingerprint density at radius 1 is 1.14 bits per heavy atom. The summed E-state index contributed by atoms with van der Waals surface area (Å²) in [7, 11) is 1.59. The molecule has 0 saturated carbocycles. The Morgan fingerprint density at radius 3 is 2.68 bits per heavy atom. The number of para-hydroxylation sites is 3. The van der Waals surface area contributed by atoms with E-state index in [1.807, 2.05) is 42.5 Å². The SMILES string of the molecule is COc1ccccc1OCC(=O)N1CCSc2ccccc21. The van der Waals surface area contributed by atoms with Crippen LogP contribution in [0.15, 0.2) is 53.4 Å². The number of ether oxygens (including phenoxy) is 2. The third-order valence-electron chi connectivity index (χ3n) is 3.45. The summed E-state index contributed by atoms with van der Waals surface area (Å²) in [5.41, 5.74) is 0.965. The molecular weight excluding hydrogens is 298 g/mol. The Bertz CT molecular complexity index is 674. The van der Waals surface area contributed by atoms with Gasteiger partial charge in [0.25, 0.3) is 5.91 Å². The zero-order chi connectivity index (χ0) is 15.4. The summed E-state index contributed by atoms with van der Waals surface area (Å²) in [5.74, 6) is 2.07. The van der Waals surface area contributed by atoms with Crippen LogP contribution in [-0.2, 0) is 4.79 Å². The fourth-order valence-electron chi connectivity index (χ4n) is 2.38. The van der Waals surface area contributed by atoms with E-state index in [-0.39, 0.29) is 12.5 Å². The van der Waals surface area contributed by atoms with Gasteiger partial charge >= 0.3 is 0 Å². The maximum atomic E-state index is 12.5. The summed E-state index contributed by atoms with van der Waals surface area (Å²) >= 11 is 1.78. The van der Waals surface area contributed by atoms with Gasteiger partial charge in [0.15, 0.2) is 18.1 Å². The summed E-state index contributed by atoms with van der Waals surface area (Å²) in [6.45, 7) is 0.704. The predicted octanol–water partition coefficient (Wildman–Crippen LogP) is 3.21. The predicted molar refractivity (Wildman–Crippen MR) is 88.0 cm³/mol. The van der Waals surface area contributed by atoms with Crippen molar-refractivity contribution in [1.82, 2.24) is 0 Å². The number of rotatable bonds is 4. The second-order valence-electron chi connectivity index (χ2n) is 4.80. The quantitative estimate of drug-likeness (QED) is 0.868. The second-order valence-corrected chi connectivity index (χ2v) is 5.94. The number of nitrogens with zero attached hydrogens (tertiary/aromatic N) is 1. The topological polar surface area (TPSA) is 38.8 Å². The molecule has 0 bridgehead atoms. The van der Waals surface area contributed by atoms with Crippen LogP contribution in [0.25, 0.3) is 0 Å². The van der Waals surface area contributed by atoms with Crippen LogP contribution >= 0.6 is 11.8 Å². The van der Waals surface area contributed by atoms with Gasteiger partial charge in [-0.2, -0.15) is 0 Å². The van der Waals surface area contributed by atoms with Crippen LogP contribution in [0, 0.1) is 0 Å². The van der Waals surface area contributed by atoms with Gasteiger partial charge in [0.05, 0.1) is 12.8 Å². The highest BCUT2D eigenvalue weighted by atomic mass is 32.2. The maximum absolute atomic E-state index is 12.5. The number of anilines is 1. The molecule has 0 atom stereocenters. The lowest BCUT2D eigenvalue weighted by Gasteiger charge is -2.28.